The smallest absolute Gasteiger partial charge is 0.243 e. The second-order valence-corrected chi connectivity index (χ2v) is 8.60. The fourth-order valence-electron chi connectivity index (χ4n) is 4.70. The van der Waals surface area contributed by atoms with Gasteiger partial charge in [-0.15, -0.1) is 0 Å². The number of piperidine rings is 1. The first-order valence-electron chi connectivity index (χ1n) is 11.1. The zero-order valence-corrected chi connectivity index (χ0v) is 18.5. The summed E-state index contributed by atoms with van der Waals surface area (Å²) < 4.78 is 5.90. The van der Waals surface area contributed by atoms with E-state index in [1.807, 2.05) is 55.1 Å². The lowest BCUT2D eigenvalue weighted by atomic mass is 9.84. The quantitative estimate of drug-likeness (QED) is 0.678. The van der Waals surface area contributed by atoms with Gasteiger partial charge in [0.05, 0.1) is 6.54 Å². The number of anilines is 1. The number of hydrogen-bond acceptors (Lipinski definition) is 7. The van der Waals surface area contributed by atoms with Gasteiger partial charge in [-0.1, -0.05) is 30.3 Å². The van der Waals surface area contributed by atoms with Crippen LogP contribution < -0.4 is 10.2 Å². The number of piperazine rings is 1. The van der Waals surface area contributed by atoms with E-state index in [0.29, 0.717) is 19.0 Å². The average molecular weight is 433 g/mol. The number of hydrogen-bond donors (Lipinski definition) is 1. The summed E-state index contributed by atoms with van der Waals surface area (Å²) in [5, 5.41) is 3.53. The summed E-state index contributed by atoms with van der Waals surface area (Å²) in [5.41, 5.74) is 2.20. The highest BCUT2D eigenvalue weighted by molar-refractivity contribution is 5.87. The molecule has 32 heavy (non-hydrogen) atoms. The van der Waals surface area contributed by atoms with Crippen molar-refractivity contribution < 1.29 is 9.21 Å². The van der Waals surface area contributed by atoms with E-state index < -0.39 is 5.54 Å². The molecule has 8 nitrogen and oxygen atoms in total. The number of benzene rings is 1. The zero-order valence-electron chi connectivity index (χ0n) is 18.5. The highest BCUT2D eigenvalue weighted by atomic mass is 16.4. The minimum Gasteiger partial charge on any atom is -0.441 e. The van der Waals surface area contributed by atoms with Crippen LogP contribution >= 0.6 is 0 Å². The fourth-order valence-corrected chi connectivity index (χ4v) is 4.70. The van der Waals surface area contributed by atoms with Crippen molar-refractivity contribution in [1.29, 1.82) is 0 Å². The lowest BCUT2D eigenvalue weighted by Gasteiger charge is -2.46. The van der Waals surface area contributed by atoms with Gasteiger partial charge in [0.25, 0.3) is 0 Å². The Morgan fingerprint density at radius 1 is 1.06 bits per heavy atom. The SMILES string of the molecule is Cc1ccnc(N2CCC3(CC2)NCCN(Cc2nc(C)oc2-c2ccccc2)C3=O)n1. The van der Waals surface area contributed by atoms with Crippen molar-refractivity contribution in [2.45, 2.75) is 38.8 Å². The van der Waals surface area contributed by atoms with Crippen LogP contribution in [0.5, 0.6) is 0 Å². The Labute approximate surface area is 187 Å². The maximum absolute atomic E-state index is 13.6. The minimum absolute atomic E-state index is 0.147. The summed E-state index contributed by atoms with van der Waals surface area (Å²) in [6.45, 7) is 7.18. The number of aromatic nitrogens is 3. The number of nitrogens with one attached hydrogen (secondary N) is 1. The molecule has 3 aromatic rings. The molecule has 0 unspecified atom stereocenters. The summed E-state index contributed by atoms with van der Waals surface area (Å²) in [5.74, 6) is 2.25. The van der Waals surface area contributed by atoms with E-state index in [9.17, 15) is 4.79 Å². The Hall–Kier alpha value is -3.26. The van der Waals surface area contributed by atoms with Crippen molar-refractivity contribution in [2.24, 2.45) is 0 Å². The van der Waals surface area contributed by atoms with Gasteiger partial charge in [0.15, 0.2) is 11.7 Å². The predicted molar refractivity (Wildman–Crippen MR) is 121 cm³/mol. The molecule has 2 aromatic heterocycles. The van der Waals surface area contributed by atoms with E-state index in [-0.39, 0.29) is 5.91 Å². The van der Waals surface area contributed by atoms with Crippen molar-refractivity contribution >= 4 is 11.9 Å². The molecule has 0 radical (unpaired) electrons. The van der Waals surface area contributed by atoms with Gasteiger partial charge in [0.2, 0.25) is 11.9 Å². The first kappa shape index (κ1) is 20.6. The van der Waals surface area contributed by atoms with Gasteiger partial charge in [-0.05, 0) is 25.8 Å². The van der Waals surface area contributed by atoms with Crippen LogP contribution in [-0.2, 0) is 11.3 Å². The zero-order chi connectivity index (χ0) is 22.1. The molecular formula is C24H28N6O2. The molecule has 0 bridgehead atoms. The highest BCUT2D eigenvalue weighted by Gasteiger charge is 2.46. The molecule has 8 heteroatoms. The van der Waals surface area contributed by atoms with E-state index in [4.69, 9.17) is 4.42 Å². The van der Waals surface area contributed by atoms with Crippen molar-refractivity contribution in [2.75, 3.05) is 31.1 Å². The Balaban J connectivity index is 1.32. The molecule has 0 atom stereocenters. The molecule has 0 aliphatic carbocycles. The fraction of sp³-hybridized carbons (Fsp3) is 0.417. The minimum atomic E-state index is -0.537. The number of rotatable bonds is 4. The highest BCUT2D eigenvalue weighted by Crippen LogP contribution is 2.31. The van der Waals surface area contributed by atoms with Crippen LogP contribution in [0.2, 0.25) is 0 Å². The number of nitrogens with zero attached hydrogens (tertiary/aromatic N) is 5. The van der Waals surface area contributed by atoms with E-state index in [1.165, 1.54) is 0 Å². The van der Waals surface area contributed by atoms with Crippen molar-refractivity contribution in [3.63, 3.8) is 0 Å². The van der Waals surface area contributed by atoms with Crippen LogP contribution in [0.25, 0.3) is 11.3 Å². The van der Waals surface area contributed by atoms with Crippen LogP contribution in [0.3, 0.4) is 0 Å². The Kier molecular flexibility index (Phi) is 5.38. The van der Waals surface area contributed by atoms with Crippen LogP contribution in [0.1, 0.15) is 30.1 Å². The maximum atomic E-state index is 13.6. The van der Waals surface area contributed by atoms with E-state index in [1.54, 1.807) is 6.20 Å². The van der Waals surface area contributed by atoms with Crippen LogP contribution in [0.15, 0.2) is 47.0 Å². The Morgan fingerprint density at radius 3 is 2.59 bits per heavy atom. The molecule has 166 valence electrons. The Bertz CT molecular complexity index is 1100. The molecule has 2 fully saturated rings. The summed E-state index contributed by atoms with van der Waals surface area (Å²) in [4.78, 5) is 31.3. The molecule has 2 aliphatic rings. The molecule has 1 spiro atoms. The summed E-state index contributed by atoms with van der Waals surface area (Å²) in [6, 6.07) is 11.8. The molecule has 2 saturated heterocycles. The molecule has 0 saturated carbocycles. The van der Waals surface area contributed by atoms with E-state index >= 15 is 0 Å². The van der Waals surface area contributed by atoms with Gasteiger partial charge in [-0.25, -0.2) is 15.0 Å². The monoisotopic (exact) mass is 432 g/mol. The largest absolute Gasteiger partial charge is 0.441 e. The second-order valence-electron chi connectivity index (χ2n) is 8.60. The lowest BCUT2D eigenvalue weighted by Crippen LogP contribution is -2.67. The third kappa shape index (κ3) is 3.86. The van der Waals surface area contributed by atoms with Gasteiger partial charge >= 0.3 is 0 Å². The summed E-state index contributed by atoms with van der Waals surface area (Å²) in [6.07, 6.45) is 3.24. The number of carbonyl (C=O) groups is 1. The van der Waals surface area contributed by atoms with Crippen LogP contribution in [0, 0.1) is 13.8 Å². The Morgan fingerprint density at radius 2 is 1.84 bits per heavy atom. The molecule has 2 aliphatic heterocycles. The summed E-state index contributed by atoms with van der Waals surface area (Å²) in [7, 11) is 0. The standard InChI is InChI=1S/C24H28N6O2/c1-17-8-11-25-23(27-17)29-13-9-24(10-14-29)22(31)30(15-12-26-24)16-20-21(32-18(2)28-20)19-6-4-3-5-7-19/h3-8,11,26H,9-10,12-16H2,1-2H3. The van der Waals surface area contributed by atoms with E-state index in [2.05, 4.69) is 25.2 Å². The summed E-state index contributed by atoms with van der Waals surface area (Å²) >= 11 is 0. The van der Waals surface area contributed by atoms with Gasteiger partial charge < -0.3 is 19.5 Å². The molecule has 1 amide bonds. The normalized spacial score (nSPS) is 18.4. The first-order valence-corrected chi connectivity index (χ1v) is 11.1. The molecule has 1 aromatic carbocycles. The predicted octanol–water partition coefficient (Wildman–Crippen LogP) is 2.72. The first-order chi connectivity index (χ1) is 15.5. The maximum Gasteiger partial charge on any atom is 0.243 e. The number of carbonyl (C=O) groups excluding carboxylic acids is 1. The molecule has 4 heterocycles. The third-order valence-corrected chi connectivity index (χ3v) is 6.40. The average Bonchev–Trinajstić information content (AvgIpc) is 3.18. The number of oxazole rings is 1. The second kappa shape index (κ2) is 8.35. The van der Waals surface area contributed by atoms with Crippen molar-refractivity contribution in [3.05, 3.63) is 59.9 Å². The van der Waals surface area contributed by atoms with Crippen LogP contribution in [0.4, 0.5) is 5.95 Å². The third-order valence-electron chi connectivity index (χ3n) is 6.40. The van der Waals surface area contributed by atoms with Gasteiger partial charge in [-0.3, -0.25) is 4.79 Å². The van der Waals surface area contributed by atoms with Crippen molar-refractivity contribution in [1.82, 2.24) is 25.2 Å². The van der Waals surface area contributed by atoms with Crippen molar-refractivity contribution in [3.8, 4) is 11.3 Å². The van der Waals surface area contributed by atoms with Gasteiger partial charge in [-0.2, -0.15) is 0 Å². The van der Waals surface area contributed by atoms with Crippen LogP contribution in [-0.4, -0.2) is 57.5 Å². The van der Waals surface area contributed by atoms with Gasteiger partial charge in [0.1, 0.15) is 11.2 Å². The topological polar surface area (TPSA) is 87.4 Å². The number of aryl methyl sites for hydroxylation is 2. The lowest BCUT2D eigenvalue weighted by molar-refractivity contribution is -0.143. The number of amides is 1. The van der Waals surface area contributed by atoms with E-state index in [0.717, 1.165) is 61.1 Å². The molecule has 1 N–H and O–H groups in total. The molecular weight excluding hydrogens is 404 g/mol. The molecule has 5 rings (SSSR count). The van der Waals surface area contributed by atoms with Gasteiger partial charge in [0, 0.05) is 50.6 Å².